The fourth-order valence-corrected chi connectivity index (χ4v) is 4.21. The van der Waals surface area contributed by atoms with Gasteiger partial charge in [0, 0.05) is 6.04 Å². The number of carbonyl (C=O) groups excluding carboxylic acids is 1. The largest absolute Gasteiger partial charge is 0.495 e. The Balaban J connectivity index is 1.62. The molecule has 26 heavy (non-hydrogen) atoms. The Labute approximate surface area is 158 Å². The number of hydrogen-bond donors (Lipinski definition) is 1. The van der Waals surface area contributed by atoms with Crippen LogP contribution in [0.1, 0.15) is 33.1 Å². The maximum Gasteiger partial charge on any atom is 0.230 e. The standard InChI is InChI=1S/C19H26N4O2S/c1-13-7-6-8-15(14(13)2)21-18(24)11-26-19-22-20-12-23(19)16-9-4-5-10-17(16)25-3/h4-5,9-10,12-15H,6-8,11H2,1-3H3,(H,21,24)/t13-,14+,15+/m0/s1. The summed E-state index contributed by atoms with van der Waals surface area (Å²) in [5.74, 6) is 2.30. The smallest absolute Gasteiger partial charge is 0.230 e. The molecule has 0 bridgehead atoms. The number of methoxy groups -OCH3 is 1. The maximum absolute atomic E-state index is 12.4. The maximum atomic E-state index is 12.4. The van der Waals surface area contributed by atoms with E-state index in [0.717, 1.165) is 17.9 Å². The van der Waals surface area contributed by atoms with Crippen molar-refractivity contribution in [2.45, 2.75) is 44.3 Å². The number of para-hydroxylation sites is 2. The number of aromatic nitrogens is 3. The zero-order chi connectivity index (χ0) is 18.5. The zero-order valence-corrected chi connectivity index (χ0v) is 16.3. The molecule has 0 spiro atoms. The fraction of sp³-hybridized carbons (Fsp3) is 0.526. The highest BCUT2D eigenvalue weighted by Gasteiger charge is 2.28. The molecule has 1 saturated carbocycles. The monoisotopic (exact) mass is 374 g/mol. The minimum absolute atomic E-state index is 0.0514. The highest BCUT2D eigenvalue weighted by Crippen LogP contribution is 2.30. The SMILES string of the molecule is COc1ccccc1-n1cnnc1SCC(=O)N[C@@H]1CCC[C@H](C)[C@H]1C. The highest BCUT2D eigenvalue weighted by molar-refractivity contribution is 7.99. The Morgan fingerprint density at radius 1 is 1.35 bits per heavy atom. The molecule has 1 N–H and O–H groups in total. The predicted octanol–water partition coefficient (Wildman–Crippen LogP) is 3.31. The minimum Gasteiger partial charge on any atom is -0.495 e. The molecule has 140 valence electrons. The highest BCUT2D eigenvalue weighted by atomic mass is 32.2. The third kappa shape index (κ3) is 4.20. The van der Waals surface area contributed by atoms with Gasteiger partial charge in [0.1, 0.15) is 12.1 Å². The van der Waals surface area contributed by atoms with Gasteiger partial charge in [-0.05, 0) is 30.4 Å². The van der Waals surface area contributed by atoms with Crippen LogP contribution < -0.4 is 10.1 Å². The third-order valence-corrected chi connectivity index (χ3v) is 6.19. The van der Waals surface area contributed by atoms with E-state index in [9.17, 15) is 4.79 Å². The Hall–Kier alpha value is -2.02. The van der Waals surface area contributed by atoms with E-state index in [1.807, 2.05) is 28.8 Å². The van der Waals surface area contributed by atoms with Crippen molar-refractivity contribution >= 4 is 17.7 Å². The molecule has 0 unspecified atom stereocenters. The number of thioether (sulfide) groups is 1. The van der Waals surface area contributed by atoms with Gasteiger partial charge in [0.2, 0.25) is 5.91 Å². The van der Waals surface area contributed by atoms with Crippen LogP contribution in [-0.4, -0.2) is 39.6 Å². The summed E-state index contributed by atoms with van der Waals surface area (Å²) < 4.78 is 7.26. The van der Waals surface area contributed by atoms with E-state index in [2.05, 4.69) is 29.4 Å². The first-order valence-electron chi connectivity index (χ1n) is 9.05. The lowest BCUT2D eigenvalue weighted by Gasteiger charge is -2.34. The Morgan fingerprint density at radius 3 is 2.96 bits per heavy atom. The van der Waals surface area contributed by atoms with Gasteiger partial charge in [0.25, 0.3) is 0 Å². The molecule has 0 saturated heterocycles. The van der Waals surface area contributed by atoms with E-state index in [-0.39, 0.29) is 11.9 Å². The number of carbonyl (C=O) groups is 1. The molecule has 2 aromatic rings. The molecule has 1 amide bonds. The van der Waals surface area contributed by atoms with Crippen molar-refractivity contribution in [3.05, 3.63) is 30.6 Å². The van der Waals surface area contributed by atoms with Gasteiger partial charge in [0.05, 0.1) is 18.6 Å². The van der Waals surface area contributed by atoms with Gasteiger partial charge in [-0.25, -0.2) is 0 Å². The number of ether oxygens (including phenoxy) is 1. The topological polar surface area (TPSA) is 69.0 Å². The molecule has 1 heterocycles. The van der Waals surface area contributed by atoms with Crippen LogP contribution in [0.4, 0.5) is 0 Å². The van der Waals surface area contributed by atoms with Crippen LogP contribution in [0.5, 0.6) is 5.75 Å². The van der Waals surface area contributed by atoms with Crippen LogP contribution in [0.25, 0.3) is 5.69 Å². The molecule has 1 fully saturated rings. The van der Waals surface area contributed by atoms with Gasteiger partial charge >= 0.3 is 0 Å². The lowest BCUT2D eigenvalue weighted by molar-refractivity contribution is -0.120. The van der Waals surface area contributed by atoms with Gasteiger partial charge in [-0.2, -0.15) is 0 Å². The van der Waals surface area contributed by atoms with Crippen molar-refractivity contribution in [3.63, 3.8) is 0 Å². The van der Waals surface area contributed by atoms with Crippen molar-refractivity contribution in [2.75, 3.05) is 12.9 Å². The lowest BCUT2D eigenvalue weighted by Crippen LogP contribution is -2.44. The fourth-order valence-electron chi connectivity index (χ4n) is 3.48. The van der Waals surface area contributed by atoms with Crippen molar-refractivity contribution in [1.82, 2.24) is 20.1 Å². The molecule has 3 rings (SSSR count). The molecule has 0 radical (unpaired) electrons. The third-order valence-electron chi connectivity index (χ3n) is 5.25. The van der Waals surface area contributed by atoms with Crippen LogP contribution in [0.2, 0.25) is 0 Å². The first-order chi connectivity index (χ1) is 12.6. The molecule has 1 aliphatic carbocycles. The lowest BCUT2D eigenvalue weighted by atomic mass is 9.78. The van der Waals surface area contributed by atoms with E-state index in [4.69, 9.17) is 4.74 Å². The quantitative estimate of drug-likeness (QED) is 0.786. The van der Waals surface area contributed by atoms with E-state index in [0.29, 0.717) is 22.7 Å². The van der Waals surface area contributed by atoms with Gasteiger partial charge < -0.3 is 10.1 Å². The van der Waals surface area contributed by atoms with E-state index in [1.165, 1.54) is 24.6 Å². The molecule has 1 aromatic carbocycles. The molecule has 1 aromatic heterocycles. The number of hydrogen-bond acceptors (Lipinski definition) is 5. The normalized spacial score (nSPS) is 22.8. The number of nitrogens with zero attached hydrogens (tertiary/aromatic N) is 3. The average molecular weight is 375 g/mol. The molecule has 3 atom stereocenters. The van der Waals surface area contributed by atoms with Gasteiger partial charge in [-0.3, -0.25) is 9.36 Å². The van der Waals surface area contributed by atoms with E-state index >= 15 is 0 Å². The molecule has 6 nitrogen and oxygen atoms in total. The van der Waals surface area contributed by atoms with Crippen LogP contribution in [0, 0.1) is 11.8 Å². The van der Waals surface area contributed by atoms with Crippen molar-refractivity contribution in [3.8, 4) is 11.4 Å². The van der Waals surface area contributed by atoms with Crippen LogP contribution in [0.15, 0.2) is 35.7 Å². The second-order valence-electron chi connectivity index (χ2n) is 6.89. The molecule has 7 heteroatoms. The summed E-state index contributed by atoms with van der Waals surface area (Å²) in [5.41, 5.74) is 0.859. The first-order valence-corrected chi connectivity index (χ1v) is 10.0. The minimum atomic E-state index is 0.0514. The number of amides is 1. The zero-order valence-electron chi connectivity index (χ0n) is 15.5. The number of nitrogens with one attached hydrogen (secondary N) is 1. The second-order valence-corrected chi connectivity index (χ2v) is 7.83. The first kappa shape index (κ1) is 18.8. The Bertz CT molecular complexity index is 749. The summed E-state index contributed by atoms with van der Waals surface area (Å²) in [6, 6.07) is 7.96. The summed E-state index contributed by atoms with van der Waals surface area (Å²) in [5, 5.41) is 12.0. The summed E-state index contributed by atoms with van der Waals surface area (Å²) >= 11 is 1.39. The average Bonchev–Trinajstić information content (AvgIpc) is 3.12. The van der Waals surface area contributed by atoms with Crippen molar-refractivity contribution in [1.29, 1.82) is 0 Å². The van der Waals surface area contributed by atoms with Crippen LogP contribution >= 0.6 is 11.8 Å². The van der Waals surface area contributed by atoms with Gasteiger partial charge in [0.15, 0.2) is 5.16 Å². The van der Waals surface area contributed by atoms with E-state index < -0.39 is 0 Å². The van der Waals surface area contributed by atoms with E-state index in [1.54, 1.807) is 13.4 Å². The van der Waals surface area contributed by atoms with Crippen LogP contribution in [-0.2, 0) is 4.79 Å². The van der Waals surface area contributed by atoms with Gasteiger partial charge in [-0.15, -0.1) is 10.2 Å². The molecular formula is C19H26N4O2S. The molecular weight excluding hydrogens is 348 g/mol. The number of rotatable bonds is 6. The summed E-state index contributed by atoms with van der Waals surface area (Å²) in [6.45, 7) is 4.51. The molecule has 1 aliphatic rings. The van der Waals surface area contributed by atoms with Crippen molar-refractivity contribution in [2.24, 2.45) is 11.8 Å². The Morgan fingerprint density at radius 2 is 2.15 bits per heavy atom. The van der Waals surface area contributed by atoms with Crippen LogP contribution in [0.3, 0.4) is 0 Å². The number of benzene rings is 1. The van der Waals surface area contributed by atoms with Gasteiger partial charge in [-0.1, -0.05) is 50.6 Å². The second kappa shape index (κ2) is 8.58. The Kier molecular flexibility index (Phi) is 6.19. The summed E-state index contributed by atoms with van der Waals surface area (Å²) in [4.78, 5) is 12.4. The summed E-state index contributed by atoms with van der Waals surface area (Å²) in [6.07, 6.45) is 5.15. The van der Waals surface area contributed by atoms with Crippen molar-refractivity contribution < 1.29 is 9.53 Å². The summed E-state index contributed by atoms with van der Waals surface area (Å²) in [7, 11) is 1.63. The predicted molar refractivity (Wildman–Crippen MR) is 103 cm³/mol. The molecule has 0 aliphatic heterocycles.